The Kier molecular flexibility index (Phi) is 3.97. The molecule has 0 amide bonds. The molecule has 2 aromatic heterocycles. The molecule has 3 heterocycles. The highest BCUT2D eigenvalue weighted by molar-refractivity contribution is 5.75. The van der Waals surface area contributed by atoms with Crippen molar-refractivity contribution in [3.8, 4) is 0 Å². The molecule has 0 saturated heterocycles. The highest BCUT2D eigenvalue weighted by atomic mass is 15.5. The number of fused-ring (bicyclic) bond motifs is 3. The van der Waals surface area contributed by atoms with Crippen LogP contribution in [0.2, 0.25) is 0 Å². The molecule has 30 heavy (non-hydrogen) atoms. The van der Waals surface area contributed by atoms with Crippen LogP contribution < -0.4 is 4.90 Å². The summed E-state index contributed by atoms with van der Waals surface area (Å²) in [6.45, 7) is 1.72. The molecule has 1 aliphatic rings. The van der Waals surface area contributed by atoms with E-state index in [1.807, 2.05) is 41.1 Å². The van der Waals surface area contributed by atoms with Gasteiger partial charge in [-0.2, -0.15) is 0 Å². The van der Waals surface area contributed by atoms with Crippen molar-refractivity contribution in [2.75, 3.05) is 11.4 Å². The maximum atomic E-state index is 4.56. The largest absolute Gasteiger partial charge is 0.349 e. The fourth-order valence-electron chi connectivity index (χ4n) is 4.51. The van der Waals surface area contributed by atoms with Crippen molar-refractivity contribution in [1.82, 2.24) is 30.0 Å². The normalized spacial score (nSPS) is 14.5. The number of nitrogens with zero attached hydrogens (tertiary/aromatic N) is 7. The van der Waals surface area contributed by atoms with Gasteiger partial charge in [-0.25, -0.2) is 9.36 Å². The van der Waals surface area contributed by atoms with Gasteiger partial charge in [-0.1, -0.05) is 52.9 Å². The molecule has 7 nitrogen and oxygen atoms in total. The SMILES string of the molecule is c1ccc2c(c1)CCN2C(CCn1nnc2ccccc21)n1nnc2ccccc21. The second-order valence-corrected chi connectivity index (χ2v) is 7.67. The molecule has 1 aliphatic heterocycles. The Labute approximate surface area is 173 Å². The molecule has 0 spiro atoms. The lowest BCUT2D eigenvalue weighted by Gasteiger charge is -2.30. The lowest BCUT2D eigenvalue weighted by Crippen LogP contribution is -2.33. The molecule has 5 aromatic rings. The van der Waals surface area contributed by atoms with Gasteiger partial charge in [0.1, 0.15) is 17.2 Å². The summed E-state index contributed by atoms with van der Waals surface area (Å²) in [4.78, 5) is 2.45. The highest BCUT2D eigenvalue weighted by Crippen LogP contribution is 2.35. The summed E-state index contributed by atoms with van der Waals surface area (Å²) in [6, 6.07) is 24.9. The minimum atomic E-state index is 0.0454. The summed E-state index contributed by atoms with van der Waals surface area (Å²) >= 11 is 0. The molecule has 0 saturated carbocycles. The van der Waals surface area contributed by atoms with E-state index in [2.05, 4.69) is 66.6 Å². The van der Waals surface area contributed by atoms with E-state index in [-0.39, 0.29) is 6.17 Å². The summed E-state index contributed by atoms with van der Waals surface area (Å²) in [6.07, 6.45) is 1.93. The van der Waals surface area contributed by atoms with Gasteiger partial charge in [-0.15, -0.1) is 10.2 Å². The lowest BCUT2D eigenvalue weighted by atomic mass is 10.2. The Hall–Kier alpha value is -3.74. The number of benzene rings is 3. The Morgan fingerprint density at radius 1 is 0.767 bits per heavy atom. The zero-order chi connectivity index (χ0) is 19.9. The summed E-state index contributed by atoms with van der Waals surface area (Å²) in [5.74, 6) is 0. The summed E-state index contributed by atoms with van der Waals surface area (Å²) in [5, 5.41) is 17.7. The minimum absolute atomic E-state index is 0.0454. The standard InChI is InChI=1S/C23H21N7/c1-4-10-20-17(7-1)13-15-28(20)23(30-22-12-6-3-9-19(22)25-27-30)14-16-29-21-11-5-2-8-18(21)24-26-29/h1-12,23H,13-16H2. The van der Waals surface area contributed by atoms with Gasteiger partial charge in [-0.3, -0.25) is 0 Å². The van der Waals surface area contributed by atoms with Gasteiger partial charge < -0.3 is 4.90 Å². The Bertz CT molecular complexity index is 1340. The second-order valence-electron chi connectivity index (χ2n) is 7.67. The number of anilines is 1. The molecule has 148 valence electrons. The third-order valence-electron chi connectivity index (χ3n) is 5.96. The van der Waals surface area contributed by atoms with E-state index in [4.69, 9.17) is 0 Å². The van der Waals surface area contributed by atoms with Gasteiger partial charge in [0, 0.05) is 25.2 Å². The van der Waals surface area contributed by atoms with Crippen molar-refractivity contribution in [3.63, 3.8) is 0 Å². The third-order valence-corrected chi connectivity index (χ3v) is 5.96. The first kappa shape index (κ1) is 17.1. The number of hydrogen-bond donors (Lipinski definition) is 0. The molecule has 1 unspecified atom stereocenters. The zero-order valence-electron chi connectivity index (χ0n) is 16.5. The minimum Gasteiger partial charge on any atom is -0.349 e. The number of hydrogen-bond acceptors (Lipinski definition) is 5. The van der Waals surface area contributed by atoms with E-state index in [1.165, 1.54) is 11.3 Å². The monoisotopic (exact) mass is 395 g/mol. The van der Waals surface area contributed by atoms with Crippen molar-refractivity contribution in [1.29, 1.82) is 0 Å². The number of para-hydroxylation sites is 3. The van der Waals surface area contributed by atoms with Crippen LogP contribution in [-0.4, -0.2) is 36.5 Å². The van der Waals surface area contributed by atoms with Crippen molar-refractivity contribution in [2.24, 2.45) is 0 Å². The molecule has 0 N–H and O–H groups in total. The summed E-state index contributed by atoms with van der Waals surface area (Å²) < 4.78 is 4.06. The maximum Gasteiger partial charge on any atom is 0.127 e. The van der Waals surface area contributed by atoms with Crippen LogP contribution in [0.1, 0.15) is 18.2 Å². The van der Waals surface area contributed by atoms with E-state index < -0.39 is 0 Å². The molecule has 3 aromatic carbocycles. The predicted molar refractivity (Wildman–Crippen MR) is 116 cm³/mol. The van der Waals surface area contributed by atoms with Crippen LogP contribution in [-0.2, 0) is 13.0 Å². The highest BCUT2D eigenvalue weighted by Gasteiger charge is 2.29. The van der Waals surface area contributed by atoms with E-state index in [9.17, 15) is 0 Å². The van der Waals surface area contributed by atoms with Gasteiger partial charge in [0.05, 0.1) is 11.0 Å². The smallest absolute Gasteiger partial charge is 0.127 e. The lowest BCUT2D eigenvalue weighted by molar-refractivity contribution is 0.379. The van der Waals surface area contributed by atoms with Gasteiger partial charge in [0.25, 0.3) is 0 Å². The van der Waals surface area contributed by atoms with Crippen LogP contribution in [0.15, 0.2) is 72.8 Å². The van der Waals surface area contributed by atoms with Crippen LogP contribution in [0.4, 0.5) is 5.69 Å². The zero-order valence-corrected chi connectivity index (χ0v) is 16.5. The van der Waals surface area contributed by atoms with E-state index in [0.717, 1.165) is 48.0 Å². The first-order valence-corrected chi connectivity index (χ1v) is 10.3. The fourth-order valence-corrected chi connectivity index (χ4v) is 4.51. The third kappa shape index (κ3) is 2.74. The van der Waals surface area contributed by atoms with E-state index >= 15 is 0 Å². The van der Waals surface area contributed by atoms with E-state index in [1.54, 1.807) is 0 Å². The fraction of sp³-hybridized carbons (Fsp3) is 0.217. The topological polar surface area (TPSA) is 64.7 Å². The molecule has 7 heteroatoms. The molecule has 1 atom stereocenters. The predicted octanol–water partition coefficient (Wildman–Crippen LogP) is 3.83. The Morgan fingerprint density at radius 3 is 2.37 bits per heavy atom. The summed E-state index contributed by atoms with van der Waals surface area (Å²) in [5.41, 5.74) is 6.62. The Balaban J connectivity index is 1.40. The molecule has 0 bridgehead atoms. The van der Waals surface area contributed by atoms with Crippen molar-refractivity contribution < 1.29 is 0 Å². The van der Waals surface area contributed by atoms with Gasteiger partial charge in [0.15, 0.2) is 0 Å². The van der Waals surface area contributed by atoms with Gasteiger partial charge in [0.2, 0.25) is 0 Å². The maximum absolute atomic E-state index is 4.56. The molecule has 0 radical (unpaired) electrons. The molecular formula is C23H21N7. The van der Waals surface area contributed by atoms with E-state index in [0.29, 0.717) is 0 Å². The van der Waals surface area contributed by atoms with Crippen molar-refractivity contribution in [3.05, 3.63) is 78.4 Å². The molecule has 0 aliphatic carbocycles. The van der Waals surface area contributed by atoms with Crippen LogP contribution in [0.25, 0.3) is 22.1 Å². The quantitative estimate of drug-likeness (QED) is 0.453. The average molecular weight is 395 g/mol. The molecular weight excluding hydrogens is 374 g/mol. The number of rotatable bonds is 5. The van der Waals surface area contributed by atoms with Crippen LogP contribution >= 0.6 is 0 Å². The first-order chi connectivity index (χ1) is 14.9. The Morgan fingerprint density at radius 2 is 1.47 bits per heavy atom. The second kappa shape index (κ2) is 6.95. The van der Waals surface area contributed by atoms with Crippen molar-refractivity contribution >= 4 is 27.8 Å². The van der Waals surface area contributed by atoms with Crippen LogP contribution in [0.3, 0.4) is 0 Å². The van der Waals surface area contributed by atoms with Gasteiger partial charge in [-0.05, 0) is 42.3 Å². The average Bonchev–Trinajstić information content (AvgIpc) is 3.52. The molecule has 6 rings (SSSR count). The number of aromatic nitrogens is 6. The van der Waals surface area contributed by atoms with Crippen LogP contribution in [0, 0.1) is 0 Å². The van der Waals surface area contributed by atoms with Crippen molar-refractivity contribution in [2.45, 2.75) is 25.6 Å². The van der Waals surface area contributed by atoms with Gasteiger partial charge >= 0.3 is 0 Å². The summed E-state index contributed by atoms with van der Waals surface area (Å²) in [7, 11) is 0. The first-order valence-electron chi connectivity index (χ1n) is 10.3. The molecule has 0 fully saturated rings. The number of aryl methyl sites for hydroxylation is 1. The van der Waals surface area contributed by atoms with Crippen LogP contribution in [0.5, 0.6) is 0 Å².